The van der Waals surface area contributed by atoms with Crippen molar-refractivity contribution in [1.29, 1.82) is 0 Å². The van der Waals surface area contributed by atoms with Crippen LogP contribution >= 0.6 is 46.4 Å². The molecule has 0 aliphatic carbocycles. The van der Waals surface area contributed by atoms with Gasteiger partial charge in [-0.2, -0.15) is 0 Å². The molecule has 2 fully saturated rings. The Balaban J connectivity index is 1.76. The second-order valence-corrected chi connectivity index (χ2v) is 11.8. The van der Waals surface area contributed by atoms with Crippen molar-refractivity contribution in [3.05, 3.63) is 68.6 Å². The number of fused-ring (bicyclic) bond motifs is 4. The lowest BCUT2D eigenvalue weighted by atomic mass is 9.73. The van der Waals surface area contributed by atoms with Gasteiger partial charge in [-0.1, -0.05) is 59.1 Å². The van der Waals surface area contributed by atoms with Crippen LogP contribution in [0.1, 0.15) is 12.0 Å². The van der Waals surface area contributed by atoms with E-state index < -0.39 is 60.1 Å². The third-order valence-electron chi connectivity index (χ3n) is 7.84. The van der Waals surface area contributed by atoms with Crippen LogP contribution in [0.4, 0.5) is 20.2 Å². The van der Waals surface area contributed by atoms with Crippen LogP contribution in [0.3, 0.4) is 0 Å². The fraction of sp³-hybridized carbons (Fsp3) is 0.370. The van der Waals surface area contributed by atoms with E-state index in [1.165, 1.54) is 65.2 Å². The Morgan fingerprint density at radius 3 is 2.38 bits per heavy atom. The highest BCUT2D eigenvalue weighted by Crippen LogP contribution is 2.62. The topological polar surface area (TPSA) is 70.2 Å². The van der Waals surface area contributed by atoms with Crippen molar-refractivity contribution in [1.82, 2.24) is 4.90 Å². The summed E-state index contributed by atoms with van der Waals surface area (Å²) >= 11 is 25.1. The molecule has 2 amide bonds. The number of ether oxygens (including phenoxy) is 1. The van der Waals surface area contributed by atoms with Crippen LogP contribution in [-0.4, -0.2) is 61.9 Å². The molecule has 0 N–H and O–H groups in total. The molecule has 0 aromatic heterocycles. The van der Waals surface area contributed by atoms with Gasteiger partial charge in [0.05, 0.1) is 23.2 Å². The Hall–Kier alpha value is -2.43. The Labute approximate surface area is 249 Å². The van der Waals surface area contributed by atoms with E-state index >= 15 is 8.78 Å². The molecule has 2 aromatic carbocycles. The van der Waals surface area contributed by atoms with E-state index in [-0.39, 0.29) is 43.6 Å². The molecule has 13 heteroatoms. The van der Waals surface area contributed by atoms with Crippen molar-refractivity contribution >= 4 is 75.6 Å². The lowest BCUT2D eigenvalue weighted by molar-refractivity contribution is -0.158. The van der Waals surface area contributed by atoms with Crippen molar-refractivity contribution < 1.29 is 27.9 Å². The van der Waals surface area contributed by atoms with Gasteiger partial charge in [0, 0.05) is 52.9 Å². The molecule has 3 aliphatic heterocycles. The maximum Gasteiger partial charge on any atom is 0.312 e. The number of carbonyl (C=O) groups is 3. The molecule has 0 bridgehead atoms. The summed E-state index contributed by atoms with van der Waals surface area (Å²) in [4.78, 5) is 46.0. The highest BCUT2D eigenvalue weighted by atomic mass is 35.5. The van der Waals surface area contributed by atoms with Crippen molar-refractivity contribution in [2.75, 3.05) is 37.0 Å². The van der Waals surface area contributed by atoms with Gasteiger partial charge >= 0.3 is 5.97 Å². The van der Waals surface area contributed by atoms with Gasteiger partial charge in [0.2, 0.25) is 5.91 Å². The predicted octanol–water partition coefficient (Wildman–Crippen LogP) is 5.82. The molecule has 1 spiro atoms. The third kappa shape index (κ3) is 4.29. The van der Waals surface area contributed by atoms with Gasteiger partial charge in [-0.3, -0.25) is 19.3 Å². The highest BCUT2D eigenvalue weighted by molar-refractivity contribution is 6.38. The smallest absolute Gasteiger partial charge is 0.312 e. The number of halogens is 6. The molecule has 0 saturated carbocycles. The minimum Gasteiger partial charge on any atom is -0.461 e. The number of anilines is 2. The standard InChI is InChI=1S/C27H23Cl4F2N3O4/c1-4-5-40-24(38)21-20(23(37)34(2)16-7-13(28)6-14(29)8-16)19-11-26(32,33)12-36(19)27(21)17-9-15(30)10-18(31)22(17)35(3)25(27)39/h4,6-10,19-21H,1,5,11-12H2,2-3H3/t19-,20+,21-,27+/m1/s1. The Bertz CT molecular complexity index is 1440. The lowest BCUT2D eigenvalue weighted by Crippen LogP contribution is -2.56. The molecular formula is C27H23Cl4F2N3O4. The maximum atomic E-state index is 15.2. The molecule has 0 radical (unpaired) electrons. The molecule has 3 aliphatic rings. The number of benzene rings is 2. The maximum absolute atomic E-state index is 15.2. The first kappa shape index (κ1) is 29.1. The second-order valence-electron chi connectivity index (χ2n) is 10.1. The van der Waals surface area contributed by atoms with Crippen molar-refractivity contribution in [3.63, 3.8) is 0 Å². The minimum atomic E-state index is -3.26. The van der Waals surface area contributed by atoms with Gasteiger partial charge in [-0.05, 0) is 30.3 Å². The third-order valence-corrected chi connectivity index (χ3v) is 8.78. The molecule has 3 heterocycles. The number of hydrogen-bond donors (Lipinski definition) is 0. The molecule has 212 valence electrons. The van der Waals surface area contributed by atoms with Crippen molar-refractivity contribution in [2.45, 2.75) is 23.9 Å². The van der Waals surface area contributed by atoms with Crippen molar-refractivity contribution in [3.8, 4) is 0 Å². The Kier molecular flexibility index (Phi) is 7.37. The van der Waals surface area contributed by atoms with Crippen LogP contribution < -0.4 is 9.80 Å². The van der Waals surface area contributed by atoms with Gasteiger partial charge in [0.25, 0.3) is 11.8 Å². The monoisotopic (exact) mass is 631 g/mol. The molecule has 4 atom stereocenters. The summed E-state index contributed by atoms with van der Waals surface area (Å²) in [7, 11) is 2.85. The van der Waals surface area contributed by atoms with E-state index in [9.17, 15) is 14.4 Å². The summed E-state index contributed by atoms with van der Waals surface area (Å²) in [5, 5.41) is 0.711. The van der Waals surface area contributed by atoms with Gasteiger partial charge < -0.3 is 14.5 Å². The number of likely N-dealkylation sites (N-methyl/N-ethyl adjacent to an activating group) is 1. The zero-order valence-corrected chi connectivity index (χ0v) is 24.3. The van der Waals surface area contributed by atoms with Crippen molar-refractivity contribution in [2.24, 2.45) is 11.8 Å². The molecule has 0 unspecified atom stereocenters. The number of alkyl halides is 2. The lowest BCUT2D eigenvalue weighted by Gasteiger charge is -2.37. The SMILES string of the molecule is C=CCOC(=O)[C@H]1[C@@H](C(=O)N(C)c2cc(Cl)cc(Cl)c2)[C@H]2CC(F)(F)CN2[C@]12C(=O)N(C)c1c(Cl)cc(Cl)cc12. The first-order chi connectivity index (χ1) is 18.7. The van der Waals surface area contributed by atoms with Crippen LogP contribution in [-0.2, 0) is 24.7 Å². The summed E-state index contributed by atoms with van der Waals surface area (Å²) in [5.74, 6) is -8.51. The Morgan fingerprint density at radius 2 is 1.75 bits per heavy atom. The number of rotatable bonds is 5. The first-order valence-corrected chi connectivity index (χ1v) is 13.7. The number of carbonyl (C=O) groups excluding carboxylic acids is 3. The first-order valence-electron chi connectivity index (χ1n) is 12.2. The van der Waals surface area contributed by atoms with E-state index in [4.69, 9.17) is 51.1 Å². The van der Waals surface area contributed by atoms with Gasteiger partial charge in [-0.25, -0.2) is 8.78 Å². The largest absolute Gasteiger partial charge is 0.461 e. The minimum absolute atomic E-state index is 0.0939. The Morgan fingerprint density at radius 1 is 1.12 bits per heavy atom. The van der Waals surface area contributed by atoms with E-state index in [1.807, 2.05) is 0 Å². The number of nitrogens with zero attached hydrogens (tertiary/aromatic N) is 3. The second kappa shape index (κ2) is 10.1. The van der Waals surface area contributed by atoms with Gasteiger partial charge in [0.15, 0.2) is 0 Å². The van der Waals surface area contributed by atoms with E-state index in [2.05, 4.69) is 6.58 Å². The van der Waals surface area contributed by atoms with Crippen LogP contribution in [0.15, 0.2) is 43.0 Å². The molecule has 5 rings (SSSR count). The van der Waals surface area contributed by atoms with E-state index in [1.54, 1.807) is 0 Å². The molecular weight excluding hydrogens is 610 g/mol. The van der Waals surface area contributed by atoms with Gasteiger partial charge in [0.1, 0.15) is 18.1 Å². The fourth-order valence-electron chi connectivity index (χ4n) is 6.40. The van der Waals surface area contributed by atoms with E-state index in [0.29, 0.717) is 0 Å². The number of esters is 1. The number of amides is 2. The van der Waals surface area contributed by atoms with Crippen LogP contribution in [0, 0.1) is 11.8 Å². The quantitative estimate of drug-likeness (QED) is 0.307. The van der Waals surface area contributed by atoms with Gasteiger partial charge in [-0.15, -0.1) is 0 Å². The van der Waals surface area contributed by atoms with Crippen LogP contribution in [0.25, 0.3) is 0 Å². The highest BCUT2D eigenvalue weighted by Gasteiger charge is 2.75. The normalized spacial score (nSPS) is 26.6. The summed E-state index contributed by atoms with van der Waals surface area (Å²) in [6.45, 7) is 2.46. The molecule has 40 heavy (non-hydrogen) atoms. The zero-order chi connectivity index (χ0) is 29.3. The summed E-state index contributed by atoms with van der Waals surface area (Å²) in [6, 6.07) is 6.07. The van der Waals surface area contributed by atoms with Crippen LogP contribution in [0.2, 0.25) is 20.1 Å². The average molecular weight is 633 g/mol. The zero-order valence-electron chi connectivity index (χ0n) is 21.3. The molecule has 7 nitrogen and oxygen atoms in total. The molecule has 2 aromatic rings. The van der Waals surface area contributed by atoms with E-state index in [0.717, 1.165) is 0 Å². The fourth-order valence-corrected chi connectivity index (χ4v) is 7.54. The summed E-state index contributed by atoms with van der Waals surface area (Å²) in [5.41, 5.74) is -1.38. The van der Waals surface area contributed by atoms with Crippen LogP contribution in [0.5, 0.6) is 0 Å². The predicted molar refractivity (Wildman–Crippen MR) is 150 cm³/mol. The number of hydrogen-bond acceptors (Lipinski definition) is 5. The average Bonchev–Trinajstić information content (AvgIpc) is 3.40. The molecule has 2 saturated heterocycles. The summed E-state index contributed by atoms with van der Waals surface area (Å²) in [6.07, 6.45) is 0.567. The summed E-state index contributed by atoms with van der Waals surface area (Å²) < 4.78 is 35.7.